The third kappa shape index (κ3) is 5.95. The van der Waals surface area contributed by atoms with Crippen molar-refractivity contribution in [3.05, 3.63) is 54.4 Å². The quantitative estimate of drug-likeness (QED) is 0.432. The first kappa shape index (κ1) is 24.6. The molecule has 0 aliphatic carbocycles. The molecule has 9 nitrogen and oxygen atoms in total. The number of aliphatic hydroxyl groups excluding tert-OH is 1. The summed E-state index contributed by atoms with van der Waals surface area (Å²) in [7, 11) is -3.47. The fraction of sp³-hybridized carbons (Fsp3) is 0.304. The molecule has 0 amide bonds. The van der Waals surface area contributed by atoms with Crippen molar-refractivity contribution >= 4 is 15.7 Å². The van der Waals surface area contributed by atoms with Gasteiger partial charge in [0.1, 0.15) is 48.9 Å². The first-order chi connectivity index (χ1) is 16.8. The van der Waals surface area contributed by atoms with E-state index in [1.54, 1.807) is 24.3 Å². The summed E-state index contributed by atoms with van der Waals surface area (Å²) >= 11 is 0. The van der Waals surface area contributed by atoms with Crippen molar-refractivity contribution in [1.29, 1.82) is 0 Å². The number of sulfone groups is 1. The number of aliphatic imine (C=N–C) groups is 1. The van der Waals surface area contributed by atoms with E-state index in [9.17, 15) is 22.3 Å². The Morgan fingerprint density at radius 2 is 1.86 bits per heavy atom. The molecule has 1 aromatic carbocycles. The third-order valence-corrected chi connectivity index (χ3v) is 6.00. The van der Waals surface area contributed by atoms with E-state index in [4.69, 9.17) is 14.2 Å². The van der Waals surface area contributed by atoms with Gasteiger partial charge in [-0.25, -0.2) is 27.2 Å². The number of hydrogen-bond donors (Lipinski definition) is 2. The molecule has 3 aromatic rings. The average molecular weight is 508 g/mol. The van der Waals surface area contributed by atoms with E-state index in [-0.39, 0.29) is 41.5 Å². The van der Waals surface area contributed by atoms with Gasteiger partial charge in [0, 0.05) is 23.6 Å². The zero-order chi connectivity index (χ0) is 25.0. The van der Waals surface area contributed by atoms with E-state index in [1.807, 2.05) is 0 Å². The van der Waals surface area contributed by atoms with Crippen molar-refractivity contribution in [2.45, 2.75) is 17.2 Å². The molecular formula is C23H23F2N3O6S. The molecule has 35 heavy (non-hydrogen) atoms. The fourth-order valence-electron chi connectivity index (χ4n) is 3.28. The molecule has 1 aliphatic heterocycles. The SMILES string of the molecule is CS(=O)(=O)c1ccc(Oc2cc(OC(CF)CF)cc(-c3ccc(C4=N[C@H](CO)CO4)[nH]3)c2)cn1. The van der Waals surface area contributed by atoms with Gasteiger partial charge in [-0.15, -0.1) is 0 Å². The van der Waals surface area contributed by atoms with Gasteiger partial charge in [0.05, 0.1) is 12.8 Å². The lowest BCUT2D eigenvalue weighted by atomic mass is 10.1. The number of halogens is 2. The topological polar surface area (TPSA) is 123 Å². The van der Waals surface area contributed by atoms with Gasteiger partial charge in [0.15, 0.2) is 21.0 Å². The second-order valence-electron chi connectivity index (χ2n) is 7.82. The number of benzene rings is 1. The van der Waals surface area contributed by atoms with Gasteiger partial charge in [-0.2, -0.15) is 0 Å². The van der Waals surface area contributed by atoms with Crippen LogP contribution in [-0.2, 0) is 14.6 Å². The lowest BCUT2D eigenvalue weighted by Gasteiger charge is -2.15. The molecule has 0 unspecified atom stereocenters. The molecule has 0 saturated carbocycles. The van der Waals surface area contributed by atoms with E-state index >= 15 is 0 Å². The zero-order valence-electron chi connectivity index (χ0n) is 18.6. The van der Waals surface area contributed by atoms with Crippen molar-refractivity contribution in [2.24, 2.45) is 4.99 Å². The predicted octanol–water partition coefficient (Wildman–Crippen LogP) is 3.10. The first-order valence-corrected chi connectivity index (χ1v) is 12.5. The van der Waals surface area contributed by atoms with E-state index in [0.717, 1.165) is 6.26 Å². The van der Waals surface area contributed by atoms with Gasteiger partial charge >= 0.3 is 0 Å². The summed E-state index contributed by atoms with van der Waals surface area (Å²) in [4.78, 5) is 11.3. The Kier molecular flexibility index (Phi) is 7.31. The molecule has 186 valence electrons. The number of nitrogens with one attached hydrogen (secondary N) is 1. The molecule has 2 aromatic heterocycles. The summed E-state index contributed by atoms with van der Waals surface area (Å²) in [5, 5.41) is 9.15. The molecule has 0 radical (unpaired) electrons. The van der Waals surface area contributed by atoms with Crippen LogP contribution in [0.3, 0.4) is 0 Å². The number of H-pyrrole nitrogens is 1. The van der Waals surface area contributed by atoms with Crippen LogP contribution in [0.15, 0.2) is 58.7 Å². The molecular weight excluding hydrogens is 484 g/mol. The van der Waals surface area contributed by atoms with Crippen LogP contribution in [-0.4, -0.2) is 74.4 Å². The van der Waals surface area contributed by atoms with E-state index < -0.39 is 29.3 Å². The maximum Gasteiger partial charge on any atom is 0.233 e. The summed E-state index contributed by atoms with van der Waals surface area (Å²) in [5.74, 6) is 1.06. The second-order valence-corrected chi connectivity index (χ2v) is 9.78. The van der Waals surface area contributed by atoms with Crippen LogP contribution in [0.5, 0.6) is 17.2 Å². The second kappa shape index (κ2) is 10.4. The van der Waals surface area contributed by atoms with E-state index in [0.29, 0.717) is 22.8 Å². The maximum atomic E-state index is 13.1. The monoisotopic (exact) mass is 507 g/mol. The zero-order valence-corrected chi connectivity index (χ0v) is 19.5. The van der Waals surface area contributed by atoms with Gasteiger partial charge in [-0.3, -0.25) is 0 Å². The normalized spacial score (nSPS) is 15.7. The van der Waals surface area contributed by atoms with Crippen LogP contribution >= 0.6 is 0 Å². The highest BCUT2D eigenvalue weighted by Gasteiger charge is 2.21. The first-order valence-electron chi connectivity index (χ1n) is 10.6. The Morgan fingerprint density at radius 1 is 1.11 bits per heavy atom. The fourth-order valence-corrected chi connectivity index (χ4v) is 3.84. The summed E-state index contributed by atoms with van der Waals surface area (Å²) in [5.41, 5.74) is 1.80. The highest BCUT2D eigenvalue weighted by atomic mass is 32.2. The minimum absolute atomic E-state index is 0.101. The van der Waals surface area contributed by atoms with Gasteiger partial charge in [0.25, 0.3) is 0 Å². The Labute approximate surface area is 200 Å². The number of ether oxygens (including phenoxy) is 3. The molecule has 4 rings (SSSR count). The summed E-state index contributed by atoms with van der Waals surface area (Å²) in [6.45, 7) is -1.86. The third-order valence-electron chi connectivity index (χ3n) is 5.00. The van der Waals surface area contributed by atoms with Crippen molar-refractivity contribution in [3.63, 3.8) is 0 Å². The van der Waals surface area contributed by atoms with Gasteiger partial charge in [0.2, 0.25) is 5.90 Å². The number of nitrogens with zero attached hydrogens (tertiary/aromatic N) is 2. The molecule has 1 atom stereocenters. The van der Waals surface area contributed by atoms with Gasteiger partial charge in [-0.1, -0.05) is 0 Å². The minimum atomic E-state index is -3.47. The Bertz CT molecular complexity index is 1310. The van der Waals surface area contributed by atoms with Crippen LogP contribution in [0.2, 0.25) is 0 Å². The van der Waals surface area contributed by atoms with Crippen LogP contribution < -0.4 is 9.47 Å². The Balaban J connectivity index is 1.65. The molecule has 12 heteroatoms. The molecule has 3 heterocycles. The maximum absolute atomic E-state index is 13.1. The van der Waals surface area contributed by atoms with Crippen LogP contribution in [0, 0.1) is 0 Å². The van der Waals surface area contributed by atoms with Crippen molar-refractivity contribution < 1.29 is 36.5 Å². The van der Waals surface area contributed by atoms with Crippen LogP contribution in [0.25, 0.3) is 11.3 Å². The van der Waals surface area contributed by atoms with Crippen LogP contribution in [0.1, 0.15) is 5.69 Å². The standard InChI is InChI=1S/C23H23F2N3O6S/c1-35(30,31)22-5-2-16(11-26-22)33-17-6-14(7-18(8-17)34-19(9-24)10-25)20-3-4-21(28-20)23-27-15(12-29)13-32-23/h2-8,11,15,19,28-29H,9-10,12-13H2,1H3/t15-/m1/s1. The summed E-state index contributed by atoms with van der Waals surface area (Å²) < 4.78 is 66.2. The molecule has 0 bridgehead atoms. The molecule has 0 spiro atoms. The lowest BCUT2D eigenvalue weighted by molar-refractivity contribution is 0.133. The molecule has 2 N–H and O–H groups in total. The summed E-state index contributed by atoms with van der Waals surface area (Å²) in [6, 6.07) is 10.7. The van der Waals surface area contributed by atoms with Crippen molar-refractivity contribution in [1.82, 2.24) is 9.97 Å². The van der Waals surface area contributed by atoms with Crippen molar-refractivity contribution in [2.75, 3.05) is 32.8 Å². The number of aliphatic hydroxyl groups is 1. The molecule has 0 fully saturated rings. The lowest BCUT2D eigenvalue weighted by Crippen LogP contribution is -2.21. The minimum Gasteiger partial charge on any atom is -0.485 e. The number of rotatable bonds is 10. The number of aromatic nitrogens is 2. The van der Waals surface area contributed by atoms with Gasteiger partial charge in [-0.05, 0) is 36.4 Å². The molecule has 1 aliphatic rings. The molecule has 0 saturated heterocycles. The highest BCUT2D eigenvalue weighted by Crippen LogP contribution is 2.33. The largest absolute Gasteiger partial charge is 0.485 e. The van der Waals surface area contributed by atoms with Crippen LogP contribution in [0.4, 0.5) is 8.78 Å². The van der Waals surface area contributed by atoms with E-state index in [2.05, 4.69) is 15.0 Å². The number of alkyl halides is 2. The van der Waals surface area contributed by atoms with Gasteiger partial charge < -0.3 is 24.3 Å². The number of aromatic amines is 1. The Morgan fingerprint density at radius 3 is 2.49 bits per heavy atom. The summed E-state index contributed by atoms with van der Waals surface area (Å²) in [6.07, 6.45) is 1.03. The number of pyridine rings is 1. The Hall–Kier alpha value is -3.51. The predicted molar refractivity (Wildman–Crippen MR) is 123 cm³/mol. The number of hydrogen-bond acceptors (Lipinski definition) is 8. The highest BCUT2D eigenvalue weighted by molar-refractivity contribution is 7.90. The average Bonchev–Trinajstić information content (AvgIpc) is 3.52. The smallest absolute Gasteiger partial charge is 0.233 e. The van der Waals surface area contributed by atoms with Crippen molar-refractivity contribution in [3.8, 4) is 28.5 Å². The van der Waals surface area contributed by atoms with E-state index in [1.165, 1.54) is 24.4 Å².